The average Bonchev–Trinajstić information content (AvgIpc) is 2.72. The van der Waals surface area contributed by atoms with E-state index in [4.69, 9.17) is 0 Å². The fourth-order valence-corrected chi connectivity index (χ4v) is 2.31. The summed E-state index contributed by atoms with van der Waals surface area (Å²) in [6.07, 6.45) is 6.68. The van der Waals surface area contributed by atoms with Gasteiger partial charge in [-0.3, -0.25) is 0 Å². The minimum Gasteiger partial charge on any atom is -0.364 e. The molecule has 0 spiro atoms. The molecule has 0 amide bonds. The molecule has 2 heterocycles. The number of hydrogen-bond acceptors (Lipinski definition) is 3. The molecule has 0 aliphatic rings. The highest BCUT2D eigenvalue weighted by Crippen LogP contribution is 2.20. The van der Waals surface area contributed by atoms with Gasteiger partial charge in [-0.1, -0.05) is 20.8 Å². The Hall–Kier alpha value is -1.10. The van der Waals surface area contributed by atoms with E-state index >= 15 is 0 Å². The Kier molecular flexibility index (Phi) is 3.66. The topological polar surface area (TPSA) is 42.2 Å². The van der Waals surface area contributed by atoms with Gasteiger partial charge < -0.3 is 9.72 Å². The van der Waals surface area contributed by atoms with Crippen LogP contribution in [-0.4, -0.2) is 20.4 Å². The Morgan fingerprint density at radius 3 is 2.88 bits per heavy atom. The molecule has 0 fully saturated rings. The Morgan fingerprint density at radius 2 is 2.24 bits per heavy atom. The minimum absolute atomic E-state index is 0.414. The van der Waals surface area contributed by atoms with Crippen molar-refractivity contribution in [1.29, 1.82) is 0 Å². The molecule has 2 aromatic heterocycles. The van der Waals surface area contributed by atoms with E-state index in [-0.39, 0.29) is 0 Å². The van der Waals surface area contributed by atoms with E-state index in [2.05, 4.69) is 52.0 Å². The van der Waals surface area contributed by atoms with Crippen LogP contribution in [0.15, 0.2) is 23.2 Å². The first-order valence-corrected chi connectivity index (χ1v) is 6.67. The lowest BCUT2D eigenvalue weighted by molar-refractivity contribution is 0.510. The number of hydrogen-bond donors (Lipinski definition) is 1. The third kappa shape index (κ3) is 2.60. The van der Waals surface area contributed by atoms with Gasteiger partial charge in [-0.25, -0.2) is 9.97 Å². The molecular weight excluding hydrogens is 280 g/mol. The SMILES string of the molecule is CCC(Nc1nc(Br)cn2ccnc12)C(C)C. The zero-order valence-electron chi connectivity index (χ0n) is 10.3. The van der Waals surface area contributed by atoms with Crippen molar-refractivity contribution in [1.82, 2.24) is 14.4 Å². The number of halogens is 1. The van der Waals surface area contributed by atoms with Crippen molar-refractivity contribution < 1.29 is 0 Å². The van der Waals surface area contributed by atoms with Gasteiger partial charge in [0.25, 0.3) is 0 Å². The normalized spacial score (nSPS) is 13.2. The second-order valence-electron chi connectivity index (χ2n) is 4.47. The zero-order valence-corrected chi connectivity index (χ0v) is 11.9. The fourth-order valence-electron chi connectivity index (χ4n) is 1.91. The lowest BCUT2D eigenvalue weighted by atomic mass is 10.0. The van der Waals surface area contributed by atoms with Crippen LogP contribution in [-0.2, 0) is 0 Å². The van der Waals surface area contributed by atoms with Gasteiger partial charge in [-0.15, -0.1) is 0 Å². The number of imidazole rings is 1. The lowest BCUT2D eigenvalue weighted by Crippen LogP contribution is -2.25. The number of anilines is 1. The molecular formula is C12H17BrN4. The summed E-state index contributed by atoms with van der Waals surface area (Å²) in [6, 6.07) is 0.414. The Bertz CT molecular complexity index is 506. The van der Waals surface area contributed by atoms with Crippen molar-refractivity contribution in [2.45, 2.75) is 33.2 Å². The molecule has 1 unspecified atom stereocenters. The van der Waals surface area contributed by atoms with Crippen molar-refractivity contribution in [2.75, 3.05) is 5.32 Å². The van der Waals surface area contributed by atoms with Crippen molar-refractivity contribution in [3.63, 3.8) is 0 Å². The molecule has 4 nitrogen and oxygen atoms in total. The molecule has 1 N–H and O–H groups in total. The van der Waals surface area contributed by atoms with Crippen molar-refractivity contribution in [2.24, 2.45) is 5.92 Å². The summed E-state index contributed by atoms with van der Waals surface area (Å²) in [4.78, 5) is 8.79. The highest BCUT2D eigenvalue weighted by molar-refractivity contribution is 9.10. The summed E-state index contributed by atoms with van der Waals surface area (Å²) in [5.74, 6) is 1.40. The van der Waals surface area contributed by atoms with Crippen LogP contribution in [0.4, 0.5) is 5.82 Å². The molecule has 0 aromatic carbocycles. The van der Waals surface area contributed by atoms with Crippen LogP contribution in [0.2, 0.25) is 0 Å². The third-order valence-corrected chi connectivity index (χ3v) is 3.29. The highest BCUT2D eigenvalue weighted by Gasteiger charge is 2.14. The quantitative estimate of drug-likeness (QED) is 0.941. The smallest absolute Gasteiger partial charge is 0.180 e. The molecule has 2 rings (SSSR count). The average molecular weight is 297 g/mol. The Balaban J connectivity index is 2.37. The maximum atomic E-state index is 4.47. The maximum Gasteiger partial charge on any atom is 0.180 e. The van der Waals surface area contributed by atoms with E-state index in [1.807, 2.05) is 16.8 Å². The molecule has 0 aliphatic carbocycles. The molecule has 17 heavy (non-hydrogen) atoms. The molecule has 0 aliphatic heterocycles. The van der Waals surface area contributed by atoms with Gasteiger partial charge in [0.1, 0.15) is 4.60 Å². The van der Waals surface area contributed by atoms with Crippen LogP contribution in [0.1, 0.15) is 27.2 Å². The Morgan fingerprint density at radius 1 is 1.47 bits per heavy atom. The van der Waals surface area contributed by atoms with Crippen molar-refractivity contribution >= 4 is 27.4 Å². The van der Waals surface area contributed by atoms with Crippen LogP contribution >= 0.6 is 15.9 Å². The van der Waals surface area contributed by atoms with Gasteiger partial charge in [0.05, 0.1) is 0 Å². The van der Waals surface area contributed by atoms with Crippen LogP contribution in [0, 0.1) is 5.92 Å². The summed E-state index contributed by atoms with van der Waals surface area (Å²) in [6.45, 7) is 6.60. The molecule has 0 radical (unpaired) electrons. The summed E-state index contributed by atoms with van der Waals surface area (Å²) >= 11 is 3.42. The van der Waals surface area contributed by atoms with E-state index in [0.717, 1.165) is 22.5 Å². The first-order chi connectivity index (χ1) is 8.11. The largest absolute Gasteiger partial charge is 0.364 e. The van der Waals surface area contributed by atoms with Gasteiger partial charge in [-0.2, -0.15) is 0 Å². The van der Waals surface area contributed by atoms with Gasteiger partial charge in [-0.05, 0) is 28.3 Å². The van der Waals surface area contributed by atoms with Crippen LogP contribution in [0.5, 0.6) is 0 Å². The van der Waals surface area contributed by atoms with Gasteiger partial charge in [0.2, 0.25) is 0 Å². The predicted octanol–water partition coefficient (Wildman–Crippen LogP) is 3.34. The van der Waals surface area contributed by atoms with E-state index in [1.165, 1.54) is 0 Å². The van der Waals surface area contributed by atoms with Gasteiger partial charge in [0, 0.05) is 24.6 Å². The number of rotatable bonds is 4. The number of nitrogens with one attached hydrogen (secondary N) is 1. The standard InChI is InChI=1S/C12H17BrN4/c1-4-9(8(2)3)15-11-12-14-5-6-17(12)7-10(13)16-11/h5-9H,4H2,1-3H3,(H,15,16). The molecule has 5 heteroatoms. The fraction of sp³-hybridized carbons (Fsp3) is 0.500. The van der Waals surface area contributed by atoms with Crippen LogP contribution in [0.25, 0.3) is 5.65 Å². The van der Waals surface area contributed by atoms with Crippen molar-refractivity contribution in [3.8, 4) is 0 Å². The zero-order chi connectivity index (χ0) is 12.4. The minimum atomic E-state index is 0.414. The number of aromatic nitrogens is 3. The first kappa shape index (κ1) is 12.4. The lowest BCUT2D eigenvalue weighted by Gasteiger charge is -2.21. The van der Waals surface area contributed by atoms with Crippen LogP contribution < -0.4 is 5.32 Å². The van der Waals surface area contributed by atoms with E-state index in [9.17, 15) is 0 Å². The van der Waals surface area contributed by atoms with Gasteiger partial charge in [0.15, 0.2) is 11.5 Å². The van der Waals surface area contributed by atoms with E-state index in [1.54, 1.807) is 6.20 Å². The monoisotopic (exact) mass is 296 g/mol. The first-order valence-electron chi connectivity index (χ1n) is 5.87. The highest BCUT2D eigenvalue weighted by atomic mass is 79.9. The molecule has 0 saturated heterocycles. The maximum absolute atomic E-state index is 4.47. The van der Waals surface area contributed by atoms with E-state index < -0.39 is 0 Å². The summed E-state index contributed by atoms with van der Waals surface area (Å²) in [5, 5.41) is 3.47. The predicted molar refractivity (Wildman–Crippen MR) is 73.2 cm³/mol. The summed E-state index contributed by atoms with van der Waals surface area (Å²) < 4.78 is 2.77. The summed E-state index contributed by atoms with van der Waals surface area (Å²) in [5.41, 5.74) is 0.868. The van der Waals surface area contributed by atoms with Crippen molar-refractivity contribution in [3.05, 3.63) is 23.2 Å². The third-order valence-electron chi connectivity index (χ3n) is 2.91. The summed E-state index contributed by atoms with van der Waals surface area (Å²) in [7, 11) is 0. The van der Waals surface area contributed by atoms with Crippen LogP contribution in [0.3, 0.4) is 0 Å². The van der Waals surface area contributed by atoms with Gasteiger partial charge >= 0.3 is 0 Å². The van der Waals surface area contributed by atoms with E-state index in [0.29, 0.717) is 12.0 Å². The second kappa shape index (κ2) is 5.04. The molecule has 0 bridgehead atoms. The number of fused-ring (bicyclic) bond motifs is 1. The molecule has 92 valence electrons. The Labute approximate surface area is 110 Å². The molecule has 2 aromatic rings. The molecule has 1 atom stereocenters. The second-order valence-corrected chi connectivity index (χ2v) is 5.29. The number of nitrogens with zero attached hydrogens (tertiary/aromatic N) is 3. The molecule has 0 saturated carbocycles.